The van der Waals surface area contributed by atoms with E-state index in [1.54, 1.807) is 30.3 Å². The van der Waals surface area contributed by atoms with Crippen molar-refractivity contribution in [2.45, 2.75) is 0 Å². The van der Waals surface area contributed by atoms with Gasteiger partial charge in [-0.1, -0.05) is 33.2 Å². The number of hydrogen-bond donors (Lipinski definition) is 2. The Hall–Kier alpha value is -3.07. The number of amides is 1. The van der Waals surface area contributed by atoms with Gasteiger partial charge in [0.2, 0.25) is 5.82 Å². The summed E-state index contributed by atoms with van der Waals surface area (Å²) in [4.78, 5) is 12.6. The molecule has 0 aliphatic heterocycles. The molecule has 0 fully saturated rings. The summed E-state index contributed by atoms with van der Waals surface area (Å²) in [6, 6.07) is 12.5. The molecule has 0 unspecified atom stereocenters. The molecule has 0 atom stereocenters. The van der Waals surface area contributed by atoms with Gasteiger partial charge in [0.1, 0.15) is 0 Å². The van der Waals surface area contributed by atoms with Crippen LogP contribution in [-0.2, 0) is 0 Å². The second-order valence-electron chi connectivity index (χ2n) is 4.91. The number of nitrogens with zero attached hydrogens (tertiary/aromatic N) is 4. The molecule has 0 spiro atoms. The van der Waals surface area contributed by atoms with Crippen molar-refractivity contribution in [3.8, 4) is 11.4 Å². The second-order valence-corrected chi connectivity index (χ2v) is 5.82. The lowest BCUT2D eigenvalue weighted by atomic mass is 10.1. The van der Waals surface area contributed by atoms with E-state index in [4.69, 9.17) is 4.52 Å². The Bertz CT molecular complexity index is 1030. The molecular formula is C15H9BrN6O2. The van der Waals surface area contributed by atoms with Gasteiger partial charge in [-0.25, -0.2) is 0 Å². The molecule has 1 amide bonds. The van der Waals surface area contributed by atoms with Crippen molar-refractivity contribution >= 4 is 38.5 Å². The van der Waals surface area contributed by atoms with E-state index < -0.39 is 0 Å². The van der Waals surface area contributed by atoms with Crippen LogP contribution in [0, 0.1) is 0 Å². The van der Waals surface area contributed by atoms with E-state index in [-0.39, 0.29) is 11.6 Å². The van der Waals surface area contributed by atoms with Crippen LogP contribution in [0.15, 0.2) is 51.5 Å². The number of halogens is 1. The zero-order valence-electron chi connectivity index (χ0n) is 12.0. The lowest BCUT2D eigenvalue weighted by molar-refractivity contribution is 0.102. The van der Waals surface area contributed by atoms with E-state index >= 15 is 0 Å². The van der Waals surface area contributed by atoms with Gasteiger partial charge in [0.25, 0.3) is 5.91 Å². The summed E-state index contributed by atoms with van der Waals surface area (Å²) in [7, 11) is 0. The van der Waals surface area contributed by atoms with Gasteiger partial charge < -0.3 is 9.84 Å². The van der Waals surface area contributed by atoms with Crippen molar-refractivity contribution in [3.05, 3.63) is 52.6 Å². The Kier molecular flexibility index (Phi) is 3.54. The van der Waals surface area contributed by atoms with Crippen molar-refractivity contribution in [1.82, 2.24) is 25.8 Å². The van der Waals surface area contributed by atoms with Gasteiger partial charge in [-0.2, -0.15) is 5.21 Å². The number of anilines is 1. The summed E-state index contributed by atoms with van der Waals surface area (Å²) < 4.78 is 6.00. The Balaban J connectivity index is 1.72. The topological polar surface area (TPSA) is 110 Å². The zero-order chi connectivity index (χ0) is 16.5. The number of rotatable bonds is 3. The quantitative estimate of drug-likeness (QED) is 0.561. The van der Waals surface area contributed by atoms with Crippen molar-refractivity contribution < 1.29 is 9.32 Å². The number of nitrogens with one attached hydrogen (secondary N) is 2. The Morgan fingerprint density at radius 3 is 2.92 bits per heavy atom. The standard InChI is InChI=1S/C15H9BrN6O2/c16-8-5-6-11(10(7-8)14-18-21-22-19-14)17-15(23)13-9-3-1-2-4-12(9)24-20-13/h1-7H,(H,17,23)(H,18,19,21,22). The lowest BCUT2D eigenvalue weighted by Crippen LogP contribution is -2.13. The van der Waals surface area contributed by atoms with Crippen LogP contribution >= 0.6 is 15.9 Å². The second kappa shape index (κ2) is 5.85. The largest absolute Gasteiger partial charge is 0.355 e. The molecule has 0 bridgehead atoms. The first-order valence-electron chi connectivity index (χ1n) is 6.91. The van der Waals surface area contributed by atoms with Crippen LogP contribution in [0.1, 0.15) is 10.5 Å². The van der Waals surface area contributed by atoms with Gasteiger partial charge in [-0.3, -0.25) is 4.79 Å². The third-order valence-corrected chi connectivity index (χ3v) is 3.90. The first kappa shape index (κ1) is 14.5. The average molecular weight is 385 g/mol. The van der Waals surface area contributed by atoms with Gasteiger partial charge in [0, 0.05) is 10.0 Å². The Morgan fingerprint density at radius 2 is 2.08 bits per heavy atom. The zero-order valence-corrected chi connectivity index (χ0v) is 13.6. The summed E-state index contributed by atoms with van der Waals surface area (Å²) in [5, 5.41) is 21.2. The Morgan fingerprint density at radius 1 is 1.21 bits per heavy atom. The van der Waals surface area contributed by atoms with Crippen molar-refractivity contribution in [2.24, 2.45) is 0 Å². The summed E-state index contributed by atoms with van der Waals surface area (Å²) in [5.74, 6) is -0.0105. The molecule has 2 heterocycles. The summed E-state index contributed by atoms with van der Waals surface area (Å²) in [6.45, 7) is 0. The minimum Gasteiger partial charge on any atom is -0.355 e. The molecule has 118 valence electrons. The highest BCUT2D eigenvalue weighted by Gasteiger charge is 2.18. The molecule has 4 aromatic rings. The van der Waals surface area contributed by atoms with E-state index in [0.29, 0.717) is 28.0 Å². The van der Waals surface area contributed by atoms with Crippen LogP contribution < -0.4 is 5.32 Å². The summed E-state index contributed by atoms with van der Waals surface area (Å²) in [5.41, 5.74) is 1.93. The first-order valence-corrected chi connectivity index (χ1v) is 7.71. The predicted molar refractivity (Wildman–Crippen MR) is 89.3 cm³/mol. The number of benzene rings is 2. The highest BCUT2D eigenvalue weighted by molar-refractivity contribution is 9.10. The van der Waals surface area contributed by atoms with E-state index in [0.717, 1.165) is 4.47 Å². The lowest BCUT2D eigenvalue weighted by Gasteiger charge is -2.08. The number of tetrazole rings is 1. The summed E-state index contributed by atoms with van der Waals surface area (Å²) in [6.07, 6.45) is 0. The van der Waals surface area contributed by atoms with Crippen LogP contribution in [0.4, 0.5) is 5.69 Å². The molecule has 4 rings (SSSR count). The van der Waals surface area contributed by atoms with Crippen molar-refractivity contribution in [3.63, 3.8) is 0 Å². The highest BCUT2D eigenvalue weighted by Crippen LogP contribution is 2.29. The van der Waals surface area contributed by atoms with Gasteiger partial charge in [-0.05, 0) is 35.5 Å². The van der Waals surface area contributed by atoms with Crippen molar-refractivity contribution in [1.29, 1.82) is 0 Å². The maximum absolute atomic E-state index is 12.6. The minimum atomic E-state index is -0.382. The molecule has 0 aliphatic rings. The average Bonchev–Trinajstić information content (AvgIpc) is 3.25. The molecule has 2 aromatic carbocycles. The van der Waals surface area contributed by atoms with E-state index in [1.165, 1.54) is 0 Å². The molecule has 9 heteroatoms. The maximum atomic E-state index is 12.6. The number of para-hydroxylation sites is 1. The minimum absolute atomic E-state index is 0.215. The summed E-state index contributed by atoms with van der Waals surface area (Å²) >= 11 is 3.39. The number of fused-ring (bicyclic) bond motifs is 1. The molecule has 0 saturated heterocycles. The van der Waals surface area contributed by atoms with Crippen LogP contribution in [0.5, 0.6) is 0 Å². The van der Waals surface area contributed by atoms with Gasteiger partial charge in [0.15, 0.2) is 11.3 Å². The molecule has 0 radical (unpaired) electrons. The van der Waals surface area contributed by atoms with Crippen LogP contribution in [0.25, 0.3) is 22.4 Å². The fraction of sp³-hybridized carbons (Fsp3) is 0. The molecular weight excluding hydrogens is 376 g/mol. The third-order valence-electron chi connectivity index (χ3n) is 3.41. The smallest absolute Gasteiger partial charge is 0.278 e. The molecule has 2 aromatic heterocycles. The van der Waals surface area contributed by atoms with Gasteiger partial charge in [0.05, 0.1) is 11.1 Å². The molecule has 24 heavy (non-hydrogen) atoms. The number of hydrogen-bond acceptors (Lipinski definition) is 6. The number of carbonyl (C=O) groups is 1. The fourth-order valence-electron chi connectivity index (χ4n) is 2.32. The third kappa shape index (κ3) is 2.54. The maximum Gasteiger partial charge on any atom is 0.278 e. The molecule has 8 nitrogen and oxygen atoms in total. The first-order chi connectivity index (χ1) is 11.7. The molecule has 0 aliphatic carbocycles. The van der Waals surface area contributed by atoms with Crippen molar-refractivity contribution in [2.75, 3.05) is 5.32 Å². The highest BCUT2D eigenvalue weighted by atomic mass is 79.9. The monoisotopic (exact) mass is 384 g/mol. The van der Waals surface area contributed by atoms with Crippen LogP contribution in [0.2, 0.25) is 0 Å². The van der Waals surface area contributed by atoms with E-state index in [9.17, 15) is 4.79 Å². The Labute approximate surface area is 143 Å². The van der Waals surface area contributed by atoms with Gasteiger partial charge in [-0.15, -0.1) is 10.2 Å². The molecule has 0 saturated carbocycles. The number of aromatic amines is 1. The van der Waals surface area contributed by atoms with Gasteiger partial charge >= 0.3 is 0 Å². The van der Waals surface area contributed by atoms with E-state index in [2.05, 4.69) is 47.0 Å². The number of carbonyl (C=O) groups excluding carboxylic acids is 1. The number of aromatic nitrogens is 5. The van der Waals surface area contributed by atoms with E-state index in [1.807, 2.05) is 12.1 Å². The SMILES string of the molecule is O=C(Nc1ccc(Br)cc1-c1nn[nH]n1)c1noc2ccccc12. The fourth-order valence-corrected chi connectivity index (χ4v) is 2.68. The normalized spacial score (nSPS) is 10.9. The van der Waals surface area contributed by atoms with Crippen LogP contribution in [-0.4, -0.2) is 31.7 Å². The molecule has 2 N–H and O–H groups in total. The predicted octanol–water partition coefficient (Wildman–Crippen LogP) is 3.02. The van der Waals surface area contributed by atoms with Crippen LogP contribution in [0.3, 0.4) is 0 Å². The number of H-pyrrole nitrogens is 1.